The summed E-state index contributed by atoms with van der Waals surface area (Å²) in [6.07, 6.45) is 1.43. The SMILES string of the molecule is CCCN(CC(=O)Nc1ccc(F)c(F)c1F)C(=O)CCCc1nc2ccccc2c(=O)[nH]1. The van der Waals surface area contributed by atoms with E-state index in [0.29, 0.717) is 42.1 Å². The molecule has 33 heavy (non-hydrogen) atoms. The molecule has 0 aliphatic rings. The Labute approximate surface area is 187 Å². The molecule has 1 heterocycles. The van der Waals surface area contributed by atoms with Gasteiger partial charge in [0.15, 0.2) is 17.5 Å². The first-order valence-electron chi connectivity index (χ1n) is 10.5. The maximum absolute atomic E-state index is 13.8. The summed E-state index contributed by atoms with van der Waals surface area (Å²) in [5.74, 6) is -5.14. The van der Waals surface area contributed by atoms with E-state index < -0.39 is 29.0 Å². The van der Waals surface area contributed by atoms with Crippen LogP contribution in [0.3, 0.4) is 0 Å². The number of carbonyl (C=O) groups is 2. The minimum Gasteiger partial charge on any atom is -0.333 e. The minimum absolute atomic E-state index is 0.101. The van der Waals surface area contributed by atoms with Gasteiger partial charge in [0.25, 0.3) is 5.56 Å². The molecule has 0 bridgehead atoms. The number of nitrogens with zero attached hydrogens (tertiary/aromatic N) is 2. The number of hydrogen-bond acceptors (Lipinski definition) is 4. The number of amides is 2. The van der Waals surface area contributed by atoms with Crippen LogP contribution >= 0.6 is 0 Å². The van der Waals surface area contributed by atoms with E-state index in [-0.39, 0.29) is 31.0 Å². The lowest BCUT2D eigenvalue weighted by atomic mass is 10.2. The molecule has 174 valence electrons. The zero-order chi connectivity index (χ0) is 24.0. The number of carbonyl (C=O) groups excluding carboxylic acids is 2. The van der Waals surface area contributed by atoms with Crippen LogP contribution in [0.25, 0.3) is 10.9 Å². The molecule has 7 nitrogen and oxygen atoms in total. The Hall–Kier alpha value is -3.69. The van der Waals surface area contributed by atoms with Gasteiger partial charge in [0.1, 0.15) is 5.82 Å². The van der Waals surface area contributed by atoms with Crippen molar-refractivity contribution in [2.75, 3.05) is 18.4 Å². The van der Waals surface area contributed by atoms with Crippen LogP contribution in [0.15, 0.2) is 41.2 Å². The van der Waals surface area contributed by atoms with E-state index in [0.717, 1.165) is 6.07 Å². The van der Waals surface area contributed by atoms with Crippen molar-refractivity contribution in [3.63, 3.8) is 0 Å². The number of H-pyrrole nitrogens is 1. The zero-order valence-electron chi connectivity index (χ0n) is 18.0. The van der Waals surface area contributed by atoms with E-state index in [1.165, 1.54) is 4.90 Å². The number of hydrogen-bond donors (Lipinski definition) is 2. The molecule has 0 saturated heterocycles. The predicted molar refractivity (Wildman–Crippen MR) is 117 cm³/mol. The second kappa shape index (κ2) is 10.8. The predicted octanol–water partition coefficient (Wildman–Crippen LogP) is 3.54. The van der Waals surface area contributed by atoms with Crippen LogP contribution in [0.4, 0.5) is 18.9 Å². The standard InChI is InChI=1S/C23H23F3N4O3/c1-2-12-30(13-19(31)28-17-11-10-15(24)21(25)22(17)26)20(32)9-5-8-18-27-16-7-4-3-6-14(16)23(33)29-18/h3-4,6-7,10-11H,2,5,8-9,12-13H2,1H3,(H,28,31)(H,27,29,33). The normalized spacial score (nSPS) is 10.9. The number of benzene rings is 2. The highest BCUT2D eigenvalue weighted by Gasteiger charge is 2.19. The average molecular weight is 460 g/mol. The van der Waals surface area contributed by atoms with E-state index in [9.17, 15) is 27.6 Å². The number of aryl methyl sites for hydroxylation is 1. The first kappa shape index (κ1) is 24.0. The third-order valence-corrected chi connectivity index (χ3v) is 4.96. The molecule has 3 rings (SSSR count). The topological polar surface area (TPSA) is 95.2 Å². The fourth-order valence-electron chi connectivity index (χ4n) is 3.37. The van der Waals surface area contributed by atoms with E-state index in [4.69, 9.17) is 0 Å². The summed E-state index contributed by atoms with van der Waals surface area (Å²) in [4.78, 5) is 45.4. The molecule has 0 aliphatic heterocycles. The molecule has 2 amide bonds. The molecule has 0 spiro atoms. The Kier molecular flexibility index (Phi) is 7.81. The lowest BCUT2D eigenvalue weighted by molar-refractivity contribution is -0.134. The number of aromatic amines is 1. The molecular formula is C23H23F3N4O3. The maximum atomic E-state index is 13.8. The largest absolute Gasteiger partial charge is 0.333 e. The van der Waals surface area contributed by atoms with Gasteiger partial charge in [-0.15, -0.1) is 0 Å². The molecular weight excluding hydrogens is 437 g/mol. The Morgan fingerprint density at radius 3 is 2.61 bits per heavy atom. The van der Waals surface area contributed by atoms with E-state index in [2.05, 4.69) is 15.3 Å². The van der Waals surface area contributed by atoms with Gasteiger partial charge in [-0.3, -0.25) is 14.4 Å². The molecule has 0 aliphatic carbocycles. The summed E-state index contributed by atoms with van der Waals surface area (Å²) >= 11 is 0. The van der Waals surface area contributed by atoms with Gasteiger partial charge in [-0.1, -0.05) is 19.1 Å². The van der Waals surface area contributed by atoms with Gasteiger partial charge < -0.3 is 15.2 Å². The summed E-state index contributed by atoms with van der Waals surface area (Å²) in [6, 6.07) is 8.55. The molecule has 0 unspecified atom stereocenters. The zero-order valence-corrected chi connectivity index (χ0v) is 18.0. The second-order valence-electron chi connectivity index (χ2n) is 7.47. The lowest BCUT2D eigenvalue weighted by Gasteiger charge is -2.21. The van der Waals surface area contributed by atoms with Crippen molar-refractivity contribution >= 4 is 28.4 Å². The van der Waals surface area contributed by atoms with Crippen LogP contribution in [-0.2, 0) is 16.0 Å². The Balaban J connectivity index is 1.58. The molecule has 0 fully saturated rings. The van der Waals surface area contributed by atoms with Crippen LogP contribution in [0.5, 0.6) is 0 Å². The number of halogens is 3. The number of aromatic nitrogens is 2. The van der Waals surface area contributed by atoms with Gasteiger partial charge in [-0.2, -0.15) is 0 Å². The number of nitrogens with one attached hydrogen (secondary N) is 2. The third kappa shape index (κ3) is 5.97. The Morgan fingerprint density at radius 1 is 1.09 bits per heavy atom. The van der Waals surface area contributed by atoms with Gasteiger partial charge in [0.2, 0.25) is 11.8 Å². The van der Waals surface area contributed by atoms with Crippen LogP contribution in [0, 0.1) is 17.5 Å². The van der Waals surface area contributed by atoms with Gasteiger partial charge >= 0.3 is 0 Å². The lowest BCUT2D eigenvalue weighted by Crippen LogP contribution is -2.38. The van der Waals surface area contributed by atoms with Crippen LogP contribution in [-0.4, -0.2) is 39.8 Å². The molecule has 1 aromatic heterocycles. The van der Waals surface area contributed by atoms with Crippen molar-refractivity contribution in [3.8, 4) is 0 Å². The maximum Gasteiger partial charge on any atom is 0.258 e. The molecule has 2 N–H and O–H groups in total. The summed E-state index contributed by atoms with van der Waals surface area (Å²) < 4.78 is 40.2. The number of fused-ring (bicyclic) bond motifs is 1. The smallest absolute Gasteiger partial charge is 0.258 e. The highest BCUT2D eigenvalue weighted by atomic mass is 19.2. The minimum atomic E-state index is -1.69. The van der Waals surface area contributed by atoms with E-state index in [1.54, 1.807) is 24.3 Å². The van der Waals surface area contributed by atoms with Crippen molar-refractivity contribution in [1.29, 1.82) is 0 Å². The number of rotatable bonds is 9. The summed E-state index contributed by atoms with van der Waals surface area (Å²) in [5, 5.41) is 2.64. The van der Waals surface area contributed by atoms with Crippen molar-refractivity contribution in [2.45, 2.75) is 32.6 Å². The van der Waals surface area contributed by atoms with Gasteiger partial charge in [0, 0.05) is 19.4 Å². The molecule has 10 heteroatoms. The highest BCUT2D eigenvalue weighted by molar-refractivity contribution is 5.94. The fourth-order valence-corrected chi connectivity index (χ4v) is 3.37. The number of anilines is 1. The highest BCUT2D eigenvalue weighted by Crippen LogP contribution is 2.19. The Bertz CT molecular complexity index is 1230. The van der Waals surface area contributed by atoms with Crippen molar-refractivity contribution in [2.24, 2.45) is 0 Å². The van der Waals surface area contributed by atoms with Gasteiger partial charge in [-0.25, -0.2) is 18.2 Å². The number of para-hydroxylation sites is 1. The van der Waals surface area contributed by atoms with Crippen LogP contribution in [0.2, 0.25) is 0 Å². The van der Waals surface area contributed by atoms with E-state index >= 15 is 0 Å². The fraction of sp³-hybridized carbons (Fsp3) is 0.304. The van der Waals surface area contributed by atoms with Crippen LogP contribution in [0.1, 0.15) is 32.0 Å². The monoisotopic (exact) mass is 460 g/mol. The molecule has 0 saturated carbocycles. The van der Waals surface area contributed by atoms with Crippen molar-refractivity contribution < 1.29 is 22.8 Å². The molecule has 0 radical (unpaired) electrons. The summed E-state index contributed by atoms with van der Waals surface area (Å²) in [7, 11) is 0. The van der Waals surface area contributed by atoms with Crippen molar-refractivity contribution in [1.82, 2.24) is 14.9 Å². The van der Waals surface area contributed by atoms with Gasteiger partial charge in [0.05, 0.1) is 23.1 Å². The molecule has 3 aromatic rings. The Morgan fingerprint density at radius 2 is 1.85 bits per heavy atom. The second-order valence-corrected chi connectivity index (χ2v) is 7.47. The van der Waals surface area contributed by atoms with Gasteiger partial charge in [-0.05, 0) is 37.1 Å². The third-order valence-electron chi connectivity index (χ3n) is 4.96. The van der Waals surface area contributed by atoms with Crippen molar-refractivity contribution in [3.05, 3.63) is 70.0 Å². The quantitative estimate of drug-likeness (QED) is 0.478. The molecule has 2 aromatic carbocycles. The summed E-state index contributed by atoms with van der Waals surface area (Å²) in [6.45, 7) is 1.75. The van der Waals surface area contributed by atoms with E-state index in [1.807, 2.05) is 6.92 Å². The first-order chi connectivity index (χ1) is 15.8. The molecule has 0 atom stereocenters. The van der Waals surface area contributed by atoms with Crippen LogP contribution < -0.4 is 10.9 Å². The average Bonchev–Trinajstić information content (AvgIpc) is 2.79. The summed E-state index contributed by atoms with van der Waals surface area (Å²) in [5.41, 5.74) is -0.193. The first-order valence-corrected chi connectivity index (χ1v) is 10.5.